The molecule has 0 heterocycles. The Balaban J connectivity index is 1.41. The molecule has 0 saturated heterocycles. The van der Waals surface area contributed by atoms with E-state index in [0.29, 0.717) is 0 Å². The summed E-state index contributed by atoms with van der Waals surface area (Å²) in [6, 6.07) is 52.9. The molecule has 0 radical (unpaired) electrons. The molecule has 6 aromatic rings. The van der Waals surface area contributed by atoms with Gasteiger partial charge in [0.2, 0.25) is 0 Å². The zero-order chi connectivity index (χ0) is 28.9. The van der Waals surface area contributed by atoms with Gasteiger partial charge in [0, 0.05) is 47.6 Å². The van der Waals surface area contributed by atoms with E-state index in [-0.39, 0.29) is 10.6 Å². The average Bonchev–Trinajstić information content (AvgIpc) is 3.06. The van der Waals surface area contributed by atoms with Crippen LogP contribution >= 0.6 is 0 Å². The fourth-order valence-electron chi connectivity index (χ4n) is 5.15. The Labute approximate surface area is 245 Å². The maximum atomic E-state index is 11.3. The highest BCUT2D eigenvalue weighted by molar-refractivity contribution is 5.83. The van der Waals surface area contributed by atoms with Crippen molar-refractivity contribution in [2.24, 2.45) is 0 Å². The molecule has 6 aromatic carbocycles. The Morgan fingerprint density at radius 1 is 0.452 bits per heavy atom. The third-order valence-corrected chi connectivity index (χ3v) is 7.35. The Bertz CT molecular complexity index is 1740. The van der Waals surface area contributed by atoms with Crippen LogP contribution < -0.4 is 9.80 Å². The normalized spacial score (nSPS) is 10.7. The molecule has 0 aliphatic heterocycles. The van der Waals surface area contributed by atoms with E-state index in [4.69, 9.17) is 0 Å². The topological polar surface area (TPSA) is 49.6 Å². The van der Waals surface area contributed by atoms with Crippen molar-refractivity contribution < 1.29 is 4.92 Å². The fourth-order valence-corrected chi connectivity index (χ4v) is 5.15. The summed E-state index contributed by atoms with van der Waals surface area (Å²) in [5.41, 5.74) is 9.43. The third kappa shape index (κ3) is 5.62. The van der Waals surface area contributed by atoms with Gasteiger partial charge >= 0.3 is 0 Å². The van der Waals surface area contributed by atoms with Gasteiger partial charge in [-0.05, 0) is 76.9 Å². The Hall–Kier alpha value is -5.68. The average molecular weight is 548 g/mol. The lowest BCUT2D eigenvalue weighted by Crippen LogP contribution is -2.12. The molecule has 5 heteroatoms. The van der Waals surface area contributed by atoms with Gasteiger partial charge in [0.05, 0.1) is 4.92 Å². The summed E-state index contributed by atoms with van der Waals surface area (Å²) >= 11 is 0. The second-order valence-electron chi connectivity index (χ2n) is 10.0. The molecule has 0 amide bonds. The predicted octanol–water partition coefficient (Wildman–Crippen LogP) is 10.2. The summed E-state index contributed by atoms with van der Waals surface area (Å²) in [5.74, 6) is 0. The van der Waals surface area contributed by atoms with Gasteiger partial charge in [-0.25, -0.2) is 0 Å². The number of hydrogen-bond acceptors (Lipinski definition) is 4. The fraction of sp³-hybridized carbons (Fsp3) is 0.0270. The number of hydrogen-bond donors (Lipinski definition) is 0. The van der Waals surface area contributed by atoms with Gasteiger partial charge in [0.15, 0.2) is 0 Å². The lowest BCUT2D eigenvalue weighted by atomic mass is 10.0. The van der Waals surface area contributed by atoms with Gasteiger partial charge in [0.1, 0.15) is 0 Å². The Morgan fingerprint density at radius 3 is 1.43 bits per heavy atom. The largest absolute Gasteiger partial charge is 0.344 e. The van der Waals surface area contributed by atoms with Crippen LogP contribution in [0.15, 0.2) is 158 Å². The van der Waals surface area contributed by atoms with Gasteiger partial charge in [-0.1, -0.05) is 91.0 Å². The standard InChI is InChI=1S/C37H29N3O2/c1-38(34-17-10-20-37(27-34)40(41)42)32-21-23-33(24-22-32)39(35-18-8-15-30(25-35)28-11-4-2-5-12-28)36-19-9-16-31(26-36)29-13-6-3-7-14-29/h2-27H,1H3. The van der Waals surface area contributed by atoms with E-state index in [1.807, 2.05) is 42.3 Å². The zero-order valence-corrected chi connectivity index (χ0v) is 23.2. The van der Waals surface area contributed by atoms with E-state index in [0.717, 1.165) is 50.7 Å². The van der Waals surface area contributed by atoms with Crippen molar-refractivity contribution in [2.75, 3.05) is 16.8 Å². The van der Waals surface area contributed by atoms with Crippen molar-refractivity contribution in [3.05, 3.63) is 168 Å². The Morgan fingerprint density at radius 2 is 0.905 bits per heavy atom. The molecule has 42 heavy (non-hydrogen) atoms. The minimum Gasteiger partial charge on any atom is -0.344 e. The third-order valence-electron chi connectivity index (χ3n) is 7.35. The first-order valence-corrected chi connectivity index (χ1v) is 13.8. The van der Waals surface area contributed by atoms with E-state index in [1.54, 1.807) is 12.1 Å². The smallest absolute Gasteiger partial charge is 0.271 e. The maximum Gasteiger partial charge on any atom is 0.271 e. The minimum atomic E-state index is -0.370. The molecular weight excluding hydrogens is 518 g/mol. The van der Waals surface area contributed by atoms with Crippen molar-refractivity contribution in [1.29, 1.82) is 0 Å². The molecule has 0 N–H and O–H groups in total. The molecule has 0 bridgehead atoms. The number of nitro benzene ring substituents is 1. The van der Waals surface area contributed by atoms with Gasteiger partial charge < -0.3 is 9.80 Å². The Kier molecular flexibility index (Phi) is 7.47. The quantitative estimate of drug-likeness (QED) is 0.140. The zero-order valence-electron chi connectivity index (χ0n) is 23.2. The van der Waals surface area contributed by atoms with Crippen molar-refractivity contribution >= 4 is 34.1 Å². The van der Waals surface area contributed by atoms with Crippen LogP contribution in [0.2, 0.25) is 0 Å². The highest BCUT2D eigenvalue weighted by atomic mass is 16.6. The molecule has 0 fully saturated rings. The first-order chi connectivity index (χ1) is 20.6. The van der Waals surface area contributed by atoms with E-state index in [9.17, 15) is 10.1 Å². The van der Waals surface area contributed by atoms with Crippen LogP contribution in [0.3, 0.4) is 0 Å². The molecule has 204 valence electrons. The second kappa shape index (κ2) is 11.8. The number of benzene rings is 6. The van der Waals surface area contributed by atoms with Crippen molar-refractivity contribution in [3.8, 4) is 22.3 Å². The molecule has 5 nitrogen and oxygen atoms in total. The molecule has 6 rings (SSSR count). The van der Waals surface area contributed by atoms with E-state index in [1.165, 1.54) is 6.07 Å². The first-order valence-electron chi connectivity index (χ1n) is 13.8. The van der Waals surface area contributed by atoms with Gasteiger partial charge in [-0.3, -0.25) is 10.1 Å². The highest BCUT2D eigenvalue weighted by Crippen LogP contribution is 2.39. The summed E-state index contributed by atoms with van der Waals surface area (Å²) in [5, 5.41) is 11.3. The van der Waals surface area contributed by atoms with Crippen molar-refractivity contribution in [1.82, 2.24) is 0 Å². The van der Waals surface area contributed by atoms with Gasteiger partial charge in [0.25, 0.3) is 5.69 Å². The minimum absolute atomic E-state index is 0.0683. The molecule has 0 aliphatic carbocycles. The van der Waals surface area contributed by atoms with E-state index >= 15 is 0 Å². The summed E-state index contributed by atoms with van der Waals surface area (Å²) in [6.45, 7) is 0. The molecule has 0 atom stereocenters. The maximum absolute atomic E-state index is 11.3. The SMILES string of the molecule is CN(c1ccc(N(c2cccc(-c3ccccc3)c2)c2cccc(-c3ccccc3)c2)cc1)c1cccc([N+](=O)[O-])c1. The predicted molar refractivity (Wildman–Crippen MR) is 173 cm³/mol. The number of rotatable bonds is 8. The first kappa shape index (κ1) is 26.5. The van der Waals surface area contributed by atoms with Crippen LogP contribution in [-0.4, -0.2) is 12.0 Å². The van der Waals surface area contributed by atoms with Crippen LogP contribution in [0.1, 0.15) is 0 Å². The number of nitro groups is 1. The van der Waals surface area contributed by atoms with Crippen LogP contribution in [0.5, 0.6) is 0 Å². The van der Waals surface area contributed by atoms with E-state index in [2.05, 4.69) is 114 Å². The molecule has 0 aromatic heterocycles. The van der Waals surface area contributed by atoms with Gasteiger partial charge in [-0.15, -0.1) is 0 Å². The number of nitrogens with zero attached hydrogens (tertiary/aromatic N) is 3. The van der Waals surface area contributed by atoms with Crippen molar-refractivity contribution in [2.45, 2.75) is 0 Å². The molecular formula is C37H29N3O2. The summed E-state index contributed by atoms with van der Waals surface area (Å²) in [7, 11) is 1.92. The van der Waals surface area contributed by atoms with Crippen LogP contribution in [0.4, 0.5) is 34.1 Å². The van der Waals surface area contributed by atoms with Crippen LogP contribution in [0, 0.1) is 10.1 Å². The number of anilines is 5. The summed E-state index contributed by atoms with van der Waals surface area (Å²) in [6.07, 6.45) is 0. The van der Waals surface area contributed by atoms with Crippen molar-refractivity contribution in [3.63, 3.8) is 0 Å². The lowest BCUT2D eigenvalue weighted by Gasteiger charge is -2.27. The van der Waals surface area contributed by atoms with E-state index < -0.39 is 0 Å². The molecule has 0 unspecified atom stereocenters. The molecule has 0 spiro atoms. The summed E-state index contributed by atoms with van der Waals surface area (Å²) in [4.78, 5) is 15.2. The van der Waals surface area contributed by atoms with Crippen LogP contribution in [-0.2, 0) is 0 Å². The molecule has 0 saturated carbocycles. The number of non-ortho nitro benzene ring substituents is 1. The van der Waals surface area contributed by atoms with Crippen LogP contribution in [0.25, 0.3) is 22.3 Å². The monoisotopic (exact) mass is 547 g/mol. The second-order valence-corrected chi connectivity index (χ2v) is 10.0. The summed E-state index contributed by atoms with van der Waals surface area (Å²) < 4.78 is 0. The molecule has 0 aliphatic rings. The lowest BCUT2D eigenvalue weighted by molar-refractivity contribution is -0.384. The van der Waals surface area contributed by atoms with Gasteiger partial charge in [-0.2, -0.15) is 0 Å². The highest BCUT2D eigenvalue weighted by Gasteiger charge is 2.16.